The van der Waals surface area contributed by atoms with Crippen LogP contribution in [0.3, 0.4) is 0 Å². The first-order valence-electron chi connectivity index (χ1n) is 6.53. The number of amides is 1. The van der Waals surface area contributed by atoms with Crippen LogP contribution in [0.25, 0.3) is 0 Å². The maximum atomic E-state index is 12.2. The van der Waals surface area contributed by atoms with E-state index in [2.05, 4.69) is 10.3 Å². The van der Waals surface area contributed by atoms with Gasteiger partial charge in [0.05, 0.1) is 17.7 Å². The molecule has 0 spiro atoms. The molecule has 1 amide bonds. The lowest BCUT2D eigenvalue weighted by Gasteiger charge is -2.28. The summed E-state index contributed by atoms with van der Waals surface area (Å²) in [6, 6.07) is 3.56. The quantitative estimate of drug-likeness (QED) is 0.833. The minimum atomic E-state index is -0.517. The first-order chi connectivity index (χ1) is 8.96. The first-order valence-corrected chi connectivity index (χ1v) is 6.53. The lowest BCUT2D eigenvalue weighted by molar-refractivity contribution is 0.0824. The van der Waals surface area contributed by atoms with Gasteiger partial charge >= 0.3 is 0 Å². The largest absolute Gasteiger partial charge is 0.394 e. The van der Waals surface area contributed by atoms with Gasteiger partial charge < -0.3 is 15.3 Å². The Hall–Kier alpha value is -1.62. The second-order valence-corrected chi connectivity index (χ2v) is 5.60. The van der Waals surface area contributed by atoms with Gasteiger partial charge in [-0.05, 0) is 37.8 Å². The van der Waals surface area contributed by atoms with E-state index in [1.807, 2.05) is 32.0 Å². The number of hydrogen-bond acceptors (Lipinski definition) is 4. The van der Waals surface area contributed by atoms with Crippen LogP contribution in [0, 0.1) is 5.92 Å². The Balaban J connectivity index is 2.07. The van der Waals surface area contributed by atoms with Gasteiger partial charge in [-0.25, -0.2) is 4.98 Å². The van der Waals surface area contributed by atoms with Crippen molar-refractivity contribution in [3.05, 3.63) is 23.9 Å². The maximum Gasteiger partial charge on any atom is 0.253 e. The van der Waals surface area contributed by atoms with Gasteiger partial charge in [0.25, 0.3) is 5.91 Å². The van der Waals surface area contributed by atoms with Crippen molar-refractivity contribution in [2.24, 2.45) is 5.92 Å². The fraction of sp³-hybridized carbons (Fsp3) is 0.571. The average Bonchev–Trinajstić information content (AvgIpc) is 3.23. The molecular formula is C14H21N3O2. The summed E-state index contributed by atoms with van der Waals surface area (Å²) >= 11 is 0. The number of aromatic nitrogens is 1. The standard InChI is InChI=1S/C14H21N3O2/c1-14(9-18,11-5-6-11)16-13(19)10-4-7-12(15-8-10)17(2)3/h4,7-8,11,18H,5-6,9H2,1-3H3,(H,16,19). The molecule has 104 valence electrons. The molecule has 0 bridgehead atoms. The highest BCUT2D eigenvalue weighted by Gasteiger charge is 2.42. The second kappa shape index (κ2) is 5.17. The summed E-state index contributed by atoms with van der Waals surface area (Å²) in [5.41, 5.74) is 0.00281. The predicted octanol–water partition coefficient (Wildman–Crippen LogP) is 1.04. The molecule has 1 aromatic rings. The number of pyridine rings is 1. The number of hydrogen-bond donors (Lipinski definition) is 2. The number of aliphatic hydroxyl groups is 1. The van der Waals surface area contributed by atoms with Crippen LogP contribution in [0.2, 0.25) is 0 Å². The molecule has 1 saturated carbocycles. The summed E-state index contributed by atoms with van der Waals surface area (Å²) in [5, 5.41) is 12.4. The Labute approximate surface area is 113 Å². The molecule has 5 heteroatoms. The van der Waals surface area contributed by atoms with E-state index < -0.39 is 5.54 Å². The van der Waals surface area contributed by atoms with Gasteiger partial charge in [-0.3, -0.25) is 4.79 Å². The van der Waals surface area contributed by atoms with Gasteiger partial charge in [-0.1, -0.05) is 0 Å². The third-order valence-electron chi connectivity index (χ3n) is 3.67. The lowest BCUT2D eigenvalue weighted by Crippen LogP contribution is -2.50. The Morgan fingerprint density at radius 2 is 2.21 bits per heavy atom. The number of carbonyl (C=O) groups is 1. The van der Waals surface area contributed by atoms with Crippen molar-refractivity contribution >= 4 is 11.7 Å². The van der Waals surface area contributed by atoms with Crippen LogP contribution in [-0.4, -0.2) is 42.2 Å². The highest BCUT2D eigenvalue weighted by molar-refractivity contribution is 5.94. The van der Waals surface area contributed by atoms with E-state index in [0.717, 1.165) is 18.7 Å². The molecule has 0 aliphatic heterocycles. The molecule has 1 aliphatic carbocycles. The molecule has 2 rings (SSSR count). The van der Waals surface area contributed by atoms with Crippen molar-refractivity contribution in [3.8, 4) is 0 Å². The molecule has 5 nitrogen and oxygen atoms in total. The van der Waals surface area contributed by atoms with Crippen molar-refractivity contribution < 1.29 is 9.90 Å². The van der Waals surface area contributed by atoms with Crippen molar-refractivity contribution in [1.29, 1.82) is 0 Å². The minimum absolute atomic E-state index is 0.0351. The molecule has 0 radical (unpaired) electrons. The molecule has 0 aromatic carbocycles. The zero-order chi connectivity index (χ0) is 14.0. The SMILES string of the molecule is CN(C)c1ccc(C(=O)NC(C)(CO)C2CC2)cn1. The number of nitrogens with one attached hydrogen (secondary N) is 1. The third kappa shape index (κ3) is 3.04. The van der Waals surface area contributed by atoms with E-state index >= 15 is 0 Å². The number of nitrogens with zero attached hydrogens (tertiary/aromatic N) is 2. The number of anilines is 1. The van der Waals surface area contributed by atoms with E-state index in [9.17, 15) is 9.90 Å². The van der Waals surface area contributed by atoms with Gasteiger partial charge in [0.1, 0.15) is 5.82 Å². The predicted molar refractivity (Wildman–Crippen MR) is 74.2 cm³/mol. The normalized spacial score (nSPS) is 17.7. The van der Waals surface area contributed by atoms with E-state index in [1.165, 1.54) is 0 Å². The maximum absolute atomic E-state index is 12.2. The molecule has 2 N–H and O–H groups in total. The smallest absolute Gasteiger partial charge is 0.253 e. The summed E-state index contributed by atoms with van der Waals surface area (Å²) in [7, 11) is 3.80. The van der Waals surface area contributed by atoms with Crippen molar-refractivity contribution in [2.75, 3.05) is 25.6 Å². The van der Waals surface area contributed by atoms with Gasteiger partial charge in [0.2, 0.25) is 0 Å². The molecule has 1 aliphatic rings. The van der Waals surface area contributed by atoms with Gasteiger partial charge in [-0.15, -0.1) is 0 Å². The Morgan fingerprint density at radius 1 is 1.53 bits per heavy atom. The van der Waals surface area contributed by atoms with E-state index in [-0.39, 0.29) is 12.5 Å². The van der Waals surface area contributed by atoms with Crippen LogP contribution in [0.1, 0.15) is 30.1 Å². The van der Waals surface area contributed by atoms with Crippen LogP contribution in [0.15, 0.2) is 18.3 Å². The highest BCUT2D eigenvalue weighted by Crippen LogP contribution is 2.39. The summed E-state index contributed by atoms with van der Waals surface area (Å²) in [4.78, 5) is 18.3. The molecule has 0 saturated heterocycles. The monoisotopic (exact) mass is 263 g/mol. The van der Waals surface area contributed by atoms with Crippen molar-refractivity contribution in [1.82, 2.24) is 10.3 Å². The molecule has 19 heavy (non-hydrogen) atoms. The Morgan fingerprint density at radius 3 is 2.63 bits per heavy atom. The van der Waals surface area contributed by atoms with Crippen molar-refractivity contribution in [2.45, 2.75) is 25.3 Å². The summed E-state index contributed by atoms with van der Waals surface area (Å²) in [6.45, 7) is 1.86. The third-order valence-corrected chi connectivity index (χ3v) is 3.67. The summed E-state index contributed by atoms with van der Waals surface area (Å²) in [5.74, 6) is 1.01. The molecule has 1 unspecified atom stereocenters. The van der Waals surface area contributed by atoms with E-state index in [1.54, 1.807) is 12.3 Å². The zero-order valence-electron chi connectivity index (χ0n) is 11.7. The average molecular weight is 263 g/mol. The summed E-state index contributed by atoms with van der Waals surface area (Å²) in [6.07, 6.45) is 3.69. The van der Waals surface area contributed by atoms with Crippen LogP contribution in [-0.2, 0) is 0 Å². The van der Waals surface area contributed by atoms with Gasteiger partial charge in [-0.2, -0.15) is 0 Å². The minimum Gasteiger partial charge on any atom is -0.394 e. The number of aliphatic hydroxyl groups excluding tert-OH is 1. The van der Waals surface area contributed by atoms with E-state index in [4.69, 9.17) is 0 Å². The fourth-order valence-electron chi connectivity index (χ4n) is 2.11. The fourth-order valence-corrected chi connectivity index (χ4v) is 2.11. The zero-order valence-corrected chi connectivity index (χ0v) is 11.7. The van der Waals surface area contributed by atoms with Crippen LogP contribution in [0.5, 0.6) is 0 Å². The molecule has 1 atom stereocenters. The lowest BCUT2D eigenvalue weighted by atomic mass is 9.96. The number of carbonyl (C=O) groups excluding carboxylic acids is 1. The van der Waals surface area contributed by atoms with Gasteiger partial charge in [0, 0.05) is 20.3 Å². The van der Waals surface area contributed by atoms with Crippen LogP contribution in [0.4, 0.5) is 5.82 Å². The molecule has 1 aromatic heterocycles. The van der Waals surface area contributed by atoms with Crippen LogP contribution >= 0.6 is 0 Å². The second-order valence-electron chi connectivity index (χ2n) is 5.60. The highest BCUT2D eigenvalue weighted by atomic mass is 16.3. The molecule has 1 heterocycles. The number of rotatable bonds is 5. The van der Waals surface area contributed by atoms with Crippen molar-refractivity contribution in [3.63, 3.8) is 0 Å². The van der Waals surface area contributed by atoms with Gasteiger partial charge in [0.15, 0.2) is 0 Å². The molecule has 1 fully saturated rings. The first kappa shape index (κ1) is 13.8. The topological polar surface area (TPSA) is 65.5 Å². The van der Waals surface area contributed by atoms with E-state index in [0.29, 0.717) is 11.5 Å². The molecular weight excluding hydrogens is 242 g/mol. The van der Waals surface area contributed by atoms with Crippen LogP contribution < -0.4 is 10.2 Å². The summed E-state index contributed by atoms with van der Waals surface area (Å²) < 4.78 is 0. The Bertz CT molecular complexity index is 454. The Kier molecular flexibility index (Phi) is 3.75.